The molecule has 130 valence electrons. The van der Waals surface area contributed by atoms with Crippen molar-refractivity contribution in [2.24, 2.45) is 0 Å². The third kappa shape index (κ3) is 5.62. The first-order valence-electron chi connectivity index (χ1n) is 7.57. The summed E-state index contributed by atoms with van der Waals surface area (Å²) in [5.41, 5.74) is 2.24. The Labute approximate surface area is 156 Å². The molecule has 0 radical (unpaired) electrons. The first-order valence-corrected chi connectivity index (χ1v) is 8.32. The second kappa shape index (κ2) is 8.70. The quantitative estimate of drug-likeness (QED) is 0.596. The van der Waals surface area contributed by atoms with Crippen molar-refractivity contribution in [2.45, 2.75) is 20.0 Å². The van der Waals surface area contributed by atoms with Crippen LogP contribution >= 0.6 is 23.2 Å². The van der Waals surface area contributed by atoms with Gasteiger partial charge in [0.1, 0.15) is 0 Å². The van der Waals surface area contributed by atoms with Gasteiger partial charge >= 0.3 is 5.97 Å². The van der Waals surface area contributed by atoms with Crippen molar-refractivity contribution < 1.29 is 14.3 Å². The van der Waals surface area contributed by atoms with E-state index in [-0.39, 0.29) is 5.69 Å². The Hall–Kier alpha value is -2.30. The number of ether oxygens (including phenoxy) is 1. The monoisotopic (exact) mass is 377 g/mol. The molecule has 0 heterocycles. The van der Waals surface area contributed by atoms with E-state index in [9.17, 15) is 9.59 Å². The van der Waals surface area contributed by atoms with Crippen LogP contribution in [0.15, 0.2) is 48.5 Å². The second-order valence-electron chi connectivity index (χ2n) is 5.41. The number of carbonyl (C=O) groups is 2. The molecule has 0 saturated heterocycles. The molecule has 0 saturated carbocycles. The van der Waals surface area contributed by atoms with E-state index in [2.05, 4.69) is 5.32 Å². The van der Waals surface area contributed by atoms with Crippen LogP contribution in [0, 0.1) is 6.92 Å². The van der Waals surface area contributed by atoms with E-state index < -0.39 is 18.0 Å². The zero-order valence-electron chi connectivity index (χ0n) is 13.8. The van der Waals surface area contributed by atoms with Crippen molar-refractivity contribution in [2.75, 3.05) is 5.32 Å². The Morgan fingerprint density at radius 2 is 1.76 bits per heavy atom. The van der Waals surface area contributed by atoms with Crippen molar-refractivity contribution in [3.63, 3.8) is 0 Å². The highest BCUT2D eigenvalue weighted by Crippen LogP contribution is 2.29. The average Bonchev–Trinajstić information content (AvgIpc) is 2.56. The average molecular weight is 378 g/mol. The predicted molar refractivity (Wildman–Crippen MR) is 101 cm³/mol. The number of anilines is 1. The number of aryl methyl sites for hydroxylation is 1. The van der Waals surface area contributed by atoms with Crippen molar-refractivity contribution in [3.05, 3.63) is 69.7 Å². The summed E-state index contributed by atoms with van der Waals surface area (Å²) in [5, 5.41) is 3.17. The molecule has 0 unspecified atom stereocenters. The fourth-order valence-corrected chi connectivity index (χ4v) is 2.54. The van der Waals surface area contributed by atoms with Crippen LogP contribution in [-0.2, 0) is 14.3 Å². The summed E-state index contributed by atoms with van der Waals surface area (Å²) in [5.74, 6) is -1.14. The summed E-state index contributed by atoms with van der Waals surface area (Å²) >= 11 is 12.0. The van der Waals surface area contributed by atoms with Gasteiger partial charge in [0.05, 0.1) is 15.7 Å². The summed E-state index contributed by atoms with van der Waals surface area (Å²) in [4.78, 5) is 24.0. The molecule has 0 aromatic heterocycles. The van der Waals surface area contributed by atoms with Crippen molar-refractivity contribution >= 4 is 46.8 Å². The number of halogens is 2. The molecule has 25 heavy (non-hydrogen) atoms. The van der Waals surface area contributed by atoms with Gasteiger partial charge in [-0.3, -0.25) is 4.79 Å². The Balaban J connectivity index is 1.95. The van der Waals surface area contributed by atoms with Crippen LogP contribution in [0.4, 0.5) is 5.69 Å². The fraction of sp³-hybridized carbons (Fsp3) is 0.158. The lowest BCUT2D eigenvalue weighted by Gasteiger charge is -2.14. The van der Waals surface area contributed by atoms with Gasteiger partial charge in [0.25, 0.3) is 5.91 Å². The molecule has 0 aliphatic rings. The smallest absolute Gasteiger partial charge is 0.331 e. The van der Waals surface area contributed by atoms with Gasteiger partial charge in [0.15, 0.2) is 6.10 Å². The number of benzene rings is 2. The SMILES string of the molecule is Cc1cccc(/C=C/C(=O)O[C@H](C)C(=O)Nc2c(Cl)cccc2Cl)c1. The lowest BCUT2D eigenvalue weighted by molar-refractivity contribution is -0.148. The molecule has 2 rings (SSSR count). The molecular weight excluding hydrogens is 361 g/mol. The predicted octanol–water partition coefficient (Wildman–Crippen LogP) is 4.89. The van der Waals surface area contributed by atoms with E-state index in [0.717, 1.165) is 11.1 Å². The van der Waals surface area contributed by atoms with Crippen LogP contribution in [0.1, 0.15) is 18.1 Å². The molecule has 1 amide bonds. The van der Waals surface area contributed by atoms with Gasteiger partial charge in [-0.25, -0.2) is 4.79 Å². The minimum absolute atomic E-state index is 0.286. The van der Waals surface area contributed by atoms with Crippen molar-refractivity contribution in [1.82, 2.24) is 0 Å². The number of esters is 1. The Bertz CT molecular complexity index is 798. The third-order valence-corrected chi connectivity index (χ3v) is 3.96. The number of hydrogen-bond acceptors (Lipinski definition) is 3. The summed E-state index contributed by atoms with van der Waals surface area (Å²) in [6.07, 6.45) is 1.91. The molecule has 4 nitrogen and oxygen atoms in total. The maximum atomic E-state index is 12.1. The number of amides is 1. The van der Waals surface area contributed by atoms with Crippen LogP contribution < -0.4 is 5.32 Å². The largest absolute Gasteiger partial charge is 0.449 e. The Morgan fingerprint density at radius 3 is 2.40 bits per heavy atom. The number of carbonyl (C=O) groups excluding carboxylic acids is 2. The van der Waals surface area contributed by atoms with Gasteiger partial charge in [0.2, 0.25) is 0 Å². The number of nitrogens with one attached hydrogen (secondary N) is 1. The summed E-state index contributed by atoms with van der Waals surface area (Å²) in [6.45, 7) is 3.43. The van der Waals surface area contributed by atoms with Crippen molar-refractivity contribution in [1.29, 1.82) is 0 Å². The summed E-state index contributed by atoms with van der Waals surface area (Å²) in [7, 11) is 0. The van der Waals surface area contributed by atoms with Crippen molar-refractivity contribution in [3.8, 4) is 0 Å². The lowest BCUT2D eigenvalue weighted by Crippen LogP contribution is -2.29. The highest BCUT2D eigenvalue weighted by atomic mass is 35.5. The van der Waals surface area contributed by atoms with E-state index >= 15 is 0 Å². The van der Waals surface area contributed by atoms with Crippen LogP contribution in [-0.4, -0.2) is 18.0 Å². The van der Waals surface area contributed by atoms with Gasteiger partial charge in [-0.1, -0.05) is 59.1 Å². The van der Waals surface area contributed by atoms with E-state index in [0.29, 0.717) is 10.0 Å². The molecule has 0 fully saturated rings. The summed E-state index contributed by atoms with van der Waals surface area (Å²) in [6, 6.07) is 12.5. The fourth-order valence-electron chi connectivity index (χ4n) is 2.05. The van der Waals surface area contributed by atoms with Gasteiger partial charge in [-0.15, -0.1) is 0 Å². The van der Waals surface area contributed by atoms with E-state index in [4.69, 9.17) is 27.9 Å². The lowest BCUT2D eigenvalue weighted by atomic mass is 10.1. The number of rotatable bonds is 5. The number of para-hydroxylation sites is 1. The molecule has 0 spiro atoms. The van der Waals surface area contributed by atoms with Gasteiger partial charge in [0, 0.05) is 6.08 Å². The molecule has 2 aromatic carbocycles. The molecule has 0 aliphatic heterocycles. The molecule has 2 aromatic rings. The van der Waals surface area contributed by atoms with E-state index in [1.54, 1.807) is 24.3 Å². The topological polar surface area (TPSA) is 55.4 Å². The number of hydrogen-bond donors (Lipinski definition) is 1. The van der Waals surface area contributed by atoms with E-state index in [1.165, 1.54) is 13.0 Å². The van der Waals surface area contributed by atoms with Crippen LogP contribution in [0.25, 0.3) is 6.08 Å². The second-order valence-corrected chi connectivity index (χ2v) is 6.23. The highest BCUT2D eigenvalue weighted by Gasteiger charge is 2.18. The van der Waals surface area contributed by atoms with Crippen LogP contribution in [0.5, 0.6) is 0 Å². The van der Waals surface area contributed by atoms with Crippen LogP contribution in [0.2, 0.25) is 10.0 Å². The van der Waals surface area contributed by atoms with Gasteiger partial charge in [-0.2, -0.15) is 0 Å². The highest BCUT2D eigenvalue weighted by molar-refractivity contribution is 6.39. The third-order valence-electron chi connectivity index (χ3n) is 3.33. The maximum Gasteiger partial charge on any atom is 0.331 e. The molecule has 1 N–H and O–H groups in total. The van der Waals surface area contributed by atoms with Crippen LogP contribution in [0.3, 0.4) is 0 Å². The Morgan fingerprint density at radius 1 is 1.12 bits per heavy atom. The molecule has 1 atom stereocenters. The molecule has 0 aliphatic carbocycles. The summed E-state index contributed by atoms with van der Waals surface area (Å²) < 4.78 is 5.09. The van der Waals surface area contributed by atoms with Gasteiger partial charge in [-0.05, 0) is 37.6 Å². The zero-order valence-corrected chi connectivity index (χ0v) is 15.3. The van der Waals surface area contributed by atoms with E-state index in [1.807, 2.05) is 31.2 Å². The first-order chi connectivity index (χ1) is 11.9. The minimum atomic E-state index is -0.998. The normalized spacial score (nSPS) is 12.0. The molecule has 0 bridgehead atoms. The van der Waals surface area contributed by atoms with Gasteiger partial charge < -0.3 is 10.1 Å². The standard InChI is InChI=1S/C19H17Cl2NO3/c1-12-5-3-6-14(11-12)9-10-17(23)25-13(2)19(24)22-18-15(20)7-4-8-16(18)21/h3-11,13H,1-2H3,(H,22,24)/b10-9+/t13-/m1/s1. The maximum absolute atomic E-state index is 12.1. The minimum Gasteiger partial charge on any atom is -0.449 e. The Kier molecular flexibility index (Phi) is 6.62. The molecular formula is C19H17Cl2NO3. The zero-order chi connectivity index (χ0) is 18.4. The molecule has 6 heteroatoms. The first kappa shape index (κ1) is 19.0.